The average molecular weight is 316 g/mol. The van der Waals surface area contributed by atoms with E-state index >= 15 is 0 Å². The minimum absolute atomic E-state index is 0.0746. The van der Waals surface area contributed by atoms with Gasteiger partial charge in [-0.1, -0.05) is 30.3 Å². The summed E-state index contributed by atoms with van der Waals surface area (Å²) < 4.78 is 0. The van der Waals surface area contributed by atoms with Gasteiger partial charge in [-0.2, -0.15) is 0 Å². The van der Waals surface area contributed by atoms with Crippen molar-refractivity contribution >= 4 is 5.91 Å². The van der Waals surface area contributed by atoms with Crippen LogP contribution < -0.4 is 0 Å². The van der Waals surface area contributed by atoms with Crippen LogP contribution in [0.4, 0.5) is 0 Å². The van der Waals surface area contributed by atoms with Crippen molar-refractivity contribution in [2.75, 3.05) is 26.7 Å². The average Bonchev–Trinajstić information content (AvgIpc) is 2.55. The van der Waals surface area contributed by atoms with E-state index in [9.17, 15) is 9.90 Å². The number of nitrogens with zero attached hydrogens (tertiary/aromatic N) is 2. The SMILES string of the molecule is CN1CCCC2CN(C(=O)CC(C)(O)c3ccccc3)CCC21. The van der Waals surface area contributed by atoms with Crippen molar-refractivity contribution in [3.05, 3.63) is 35.9 Å². The van der Waals surface area contributed by atoms with Gasteiger partial charge < -0.3 is 14.9 Å². The number of benzene rings is 1. The van der Waals surface area contributed by atoms with Crippen molar-refractivity contribution in [2.24, 2.45) is 5.92 Å². The molecule has 1 aromatic rings. The summed E-state index contributed by atoms with van der Waals surface area (Å²) in [4.78, 5) is 17.1. The van der Waals surface area contributed by atoms with Crippen molar-refractivity contribution in [3.63, 3.8) is 0 Å². The van der Waals surface area contributed by atoms with E-state index in [1.54, 1.807) is 6.92 Å². The summed E-state index contributed by atoms with van der Waals surface area (Å²) in [5, 5.41) is 10.7. The molecule has 23 heavy (non-hydrogen) atoms. The maximum atomic E-state index is 12.7. The Balaban J connectivity index is 1.63. The van der Waals surface area contributed by atoms with Crippen LogP contribution in [0, 0.1) is 5.92 Å². The first kappa shape index (κ1) is 16.5. The second-order valence-electron chi connectivity index (χ2n) is 7.40. The standard InChI is InChI=1S/C19H28N2O2/c1-19(23,16-8-4-3-5-9-16)13-18(22)21-12-10-17-15(14-21)7-6-11-20(17)2/h3-5,8-9,15,17,23H,6-7,10-14H2,1-2H3. The van der Waals surface area contributed by atoms with Crippen LogP contribution in [0.1, 0.15) is 38.2 Å². The van der Waals surface area contributed by atoms with Crippen LogP contribution in [-0.2, 0) is 10.4 Å². The van der Waals surface area contributed by atoms with E-state index in [4.69, 9.17) is 0 Å². The molecule has 2 aliphatic rings. The van der Waals surface area contributed by atoms with Gasteiger partial charge in [-0.15, -0.1) is 0 Å². The lowest BCUT2D eigenvalue weighted by molar-refractivity contribution is -0.139. The zero-order valence-corrected chi connectivity index (χ0v) is 14.2. The number of rotatable bonds is 3. The Morgan fingerprint density at radius 2 is 2.00 bits per heavy atom. The highest BCUT2D eigenvalue weighted by Gasteiger charge is 2.37. The first-order valence-electron chi connectivity index (χ1n) is 8.73. The Morgan fingerprint density at radius 3 is 2.74 bits per heavy atom. The molecule has 1 N–H and O–H groups in total. The molecule has 0 bridgehead atoms. The number of hydrogen-bond acceptors (Lipinski definition) is 3. The molecule has 4 nitrogen and oxygen atoms in total. The number of likely N-dealkylation sites (tertiary alicyclic amines) is 2. The number of carbonyl (C=O) groups is 1. The highest BCUT2D eigenvalue weighted by Crippen LogP contribution is 2.31. The molecular weight excluding hydrogens is 288 g/mol. The van der Waals surface area contributed by atoms with Crippen LogP contribution in [0.5, 0.6) is 0 Å². The molecule has 4 heteroatoms. The summed E-state index contributed by atoms with van der Waals surface area (Å²) in [5.74, 6) is 0.665. The van der Waals surface area contributed by atoms with Gasteiger partial charge in [0.05, 0.1) is 12.0 Å². The minimum Gasteiger partial charge on any atom is -0.385 e. The maximum absolute atomic E-state index is 12.7. The third-order valence-corrected chi connectivity index (χ3v) is 5.59. The molecule has 2 fully saturated rings. The summed E-state index contributed by atoms with van der Waals surface area (Å²) in [6.45, 7) is 4.58. The number of aliphatic hydroxyl groups is 1. The van der Waals surface area contributed by atoms with E-state index in [0.717, 1.165) is 25.1 Å². The number of hydrogen-bond donors (Lipinski definition) is 1. The van der Waals surface area contributed by atoms with Gasteiger partial charge in [0.25, 0.3) is 0 Å². The molecular formula is C19H28N2O2. The van der Waals surface area contributed by atoms with Gasteiger partial charge in [-0.05, 0) is 51.3 Å². The van der Waals surface area contributed by atoms with E-state index in [-0.39, 0.29) is 12.3 Å². The molecule has 2 heterocycles. The fraction of sp³-hybridized carbons (Fsp3) is 0.632. The number of carbonyl (C=O) groups excluding carboxylic acids is 1. The monoisotopic (exact) mass is 316 g/mol. The Hall–Kier alpha value is -1.39. The van der Waals surface area contributed by atoms with E-state index in [2.05, 4.69) is 11.9 Å². The van der Waals surface area contributed by atoms with Crippen LogP contribution in [0.15, 0.2) is 30.3 Å². The van der Waals surface area contributed by atoms with Crippen LogP contribution in [0.25, 0.3) is 0 Å². The van der Waals surface area contributed by atoms with Gasteiger partial charge >= 0.3 is 0 Å². The molecule has 0 saturated carbocycles. The van der Waals surface area contributed by atoms with Crippen molar-refractivity contribution in [1.29, 1.82) is 0 Å². The van der Waals surface area contributed by atoms with Gasteiger partial charge in [0.2, 0.25) is 5.91 Å². The van der Waals surface area contributed by atoms with Crippen molar-refractivity contribution in [3.8, 4) is 0 Å². The molecule has 2 aliphatic heterocycles. The summed E-state index contributed by atoms with van der Waals surface area (Å²) in [7, 11) is 2.20. The summed E-state index contributed by atoms with van der Waals surface area (Å²) in [6, 6.07) is 10.1. The second kappa shape index (κ2) is 6.62. The first-order chi connectivity index (χ1) is 11.0. The first-order valence-corrected chi connectivity index (χ1v) is 8.73. The minimum atomic E-state index is -1.10. The molecule has 0 radical (unpaired) electrons. The van der Waals surface area contributed by atoms with Gasteiger partial charge in [-0.3, -0.25) is 4.79 Å². The smallest absolute Gasteiger partial charge is 0.225 e. The third-order valence-electron chi connectivity index (χ3n) is 5.59. The Morgan fingerprint density at radius 1 is 1.26 bits per heavy atom. The predicted molar refractivity (Wildman–Crippen MR) is 91.0 cm³/mol. The van der Waals surface area contributed by atoms with E-state index in [1.807, 2.05) is 35.2 Å². The molecule has 2 saturated heterocycles. The highest BCUT2D eigenvalue weighted by atomic mass is 16.3. The van der Waals surface area contributed by atoms with Crippen molar-refractivity contribution in [1.82, 2.24) is 9.80 Å². The lowest BCUT2D eigenvalue weighted by atomic mass is 9.83. The number of piperidine rings is 2. The normalized spacial score (nSPS) is 28.0. The van der Waals surface area contributed by atoms with Crippen LogP contribution >= 0.6 is 0 Å². The predicted octanol–water partition coefficient (Wildman–Crippen LogP) is 2.23. The molecule has 0 aliphatic carbocycles. The lowest BCUT2D eigenvalue weighted by Gasteiger charge is -2.46. The molecule has 1 amide bonds. The zero-order chi connectivity index (χ0) is 16.4. The molecule has 3 rings (SSSR count). The van der Waals surface area contributed by atoms with Gasteiger partial charge in [0.15, 0.2) is 0 Å². The zero-order valence-electron chi connectivity index (χ0n) is 14.2. The molecule has 0 spiro atoms. The van der Waals surface area contributed by atoms with E-state index < -0.39 is 5.60 Å². The quantitative estimate of drug-likeness (QED) is 0.930. The second-order valence-corrected chi connectivity index (χ2v) is 7.40. The summed E-state index contributed by atoms with van der Waals surface area (Å²) >= 11 is 0. The van der Waals surface area contributed by atoms with Gasteiger partial charge in [-0.25, -0.2) is 0 Å². The Bertz CT molecular complexity index is 544. The molecule has 126 valence electrons. The largest absolute Gasteiger partial charge is 0.385 e. The van der Waals surface area contributed by atoms with E-state index in [0.29, 0.717) is 12.0 Å². The maximum Gasteiger partial charge on any atom is 0.225 e. The third kappa shape index (κ3) is 3.59. The number of amides is 1. The molecule has 0 aromatic heterocycles. The van der Waals surface area contributed by atoms with Crippen molar-refractivity contribution in [2.45, 2.75) is 44.2 Å². The summed E-state index contributed by atoms with van der Waals surface area (Å²) in [6.07, 6.45) is 3.65. The van der Waals surface area contributed by atoms with E-state index in [1.165, 1.54) is 19.4 Å². The van der Waals surface area contributed by atoms with Crippen LogP contribution in [0.3, 0.4) is 0 Å². The molecule has 3 unspecified atom stereocenters. The summed E-state index contributed by atoms with van der Waals surface area (Å²) in [5.41, 5.74) is -0.293. The molecule has 1 aromatic carbocycles. The van der Waals surface area contributed by atoms with Crippen LogP contribution in [0.2, 0.25) is 0 Å². The lowest BCUT2D eigenvalue weighted by Crippen LogP contribution is -2.54. The highest BCUT2D eigenvalue weighted by molar-refractivity contribution is 5.77. The fourth-order valence-electron chi connectivity index (χ4n) is 4.18. The van der Waals surface area contributed by atoms with Gasteiger partial charge in [0, 0.05) is 19.1 Å². The Kier molecular flexibility index (Phi) is 4.74. The number of fused-ring (bicyclic) bond motifs is 1. The van der Waals surface area contributed by atoms with Gasteiger partial charge in [0.1, 0.15) is 0 Å². The molecule has 3 atom stereocenters. The topological polar surface area (TPSA) is 43.8 Å². The Labute approximate surface area is 139 Å². The fourth-order valence-corrected chi connectivity index (χ4v) is 4.18. The van der Waals surface area contributed by atoms with Crippen LogP contribution in [-0.4, -0.2) is 53.5 Å². The van der Waals surface area contributed by atoms with Crippen molar-refractivity contribution < 1.29 is 9.90 Å².